The quantitative estimate of drug-likeness (QED) is 0.682. The molecule has 1 fully saturated rings. The van der Waals surface area contributed by atoms with E-state index in [0.29, 0.717) is 44.1 Å². The first-order valence-electron chi connectivity index (χ1n) is 9.35. The van der Waals surface area contributed by atoms with Gasteiger partial charge in [0.15, 0.2) is 5.82 Å². The molecule has 1 aliphatic heterocycles. The number of hydrogen-bond donors (Lipinski definition) is 1. The largest absolute Gasteiger partial charge is 0.379 e. The van der Waals surface area contributed by atoms with Gasteiger partial charge in [0.05, 0.1) is 13.2 Å². The van der Waals surface area contributed by atoms with Crippen LogP contribution < -0.4 is 5.56 Å². The number of sulfonamides is 1. The van der Waals surface area contributed by atoms with Crippen molar-refractivity contribution in [2.45, 2.75) is 18.2 Å². The standard InChI is InChI=1S/C20H22N4O4S/c1-15-18(13-16-5-3-2-4-6-16)20(25)24(22-15)19-8-7-17(14-21-19)29(26,27)23-9-11-28-12-10-23/h2-8,14,22H,9-13H2,1H3. The van der Waals surface area contributed by atoms with Crippen LogP contribution in [0.2, 0.25) is 0 Å². The Labute approximate surface area is 168 Å². The second-order valence-corrected chi connectivity index (χ2v) is 8.82. The number of hydrogen-bond acceptors (Lipinski definition) is 5. The highest BCUT2D eigenvalue weighted by molar-refractivity contribution is 7.89. The zero-order valence-electron chi connectivity index (χ0n) is 16.0. The fourth-order valence-electron chi connectivity index (χ4n) is 3.34. The first kappa shape index (κ1) is 19.6. The van der Waals surface area contributed by atoms with Gasteiger partial charge in [-0.25, -0.2) is 18.1 Å². The number of pyridine rings is 1. The van der Waals surface area contributed by atoms with Crippen molar-refractivity contribution >= 4 is 10.0 Å². The molecule has 2 aromatic heterocycles. The lowest BCUT2D eigenvalue weighted by Crippen LogP contribution is -2.40. The number of aryl methyl sites for hydroxylation is 1. The zero-order chi connectivity index (χ0) is 20.4. The summed E-state index contributed by atoms with van der Waals surface area (Å²) in [6, 6.07) is 12.8. The van der Waals surface area contributed by atoms with E-state index in [9.17, 15) is 13.2 Å². The Morgan fingerprint density at radius 1 is 1.10 bits per heavy atom. The predicted molar refractivity (Wildman–Crippen MR) is 108 cm³/mol. The summed E-state index contributed by atoms with van der Waals surface area (Å²) in [5.41, 5.74) is 2.26. The Balaban J connectivity index is 1.61. The van der Waals surface area contributed by atoms with Crippen LogP contribution >= 0.6 is 0 Å². The molecule has 1 aromatic carbocycles. The summed E-state index contributed by atoms with van der Waals surface area (Å²) in [4.78, 5) is 17.2. The molecule has 0 spiro atoms. The van der Waals surface area contributed by atoms with Gasteiger partial charge in [-0.15, -0.1) is 0 Å². The number of nitrogens with zero attached hydrogens (tertiary/aromatic N) is 3. The Morgan fingerprint density at radius 2 is 1.83 bits per heavy atom. The molecule has 0 bridgehead atoms. The minimum absolute atomic E-state index is 0.101. The third kappa shape index (κ3) is 3.89. The van der Waals surface area contributed by atoms with Crippen LogP contribution in [0.1, 0.15) is 16.8 Å². The van der Waals surface area contributed by atoms with Gasteiger partial charge in [0.1, 0.15) is 4.90 Å². The van der Waals surface area contributed by atoms with Crippen molar-refractivity contribution in [3.8, 4) is 5.82 Å². The summed E-state index contributed by atoms with van der Waals surface area (Å²) < 4.78 is 33.4. The maximum Gasteiger partial charge on any atom is 0.276 e. The van der Waals surface area contributed by atoms with Crippen LogP contribution in [0, 0.1) is 6.92 Å². The molecule has 152 valence electrons. The summed E-state index contributed by atoms with van der Waals surface area (Å²) in [7, 11) is -3.62. The fourth-order valence-corrected chi connectivity index (χ4v) is 4.70. The van der Waals surface area contributed by atoms with Gasteiger partial charge >= 0.3 is 0 Å². The predicted octanol–water partition coefficient (Wildman–Crippen LogP) is 1.48. The maximum absolute atomic E-state index is 12.9. The van der Waals surface area contributed by atoms with Gasteiger partial charge in [0.25, 0.3) is 5.56 Å². The molecule has 3 aromatic rings. The molecule has 0 radical (unpaired) electrons. The summed E-state index contributed by atoms with van der Waals surface area (Å²) in [5.74, 6) is 0.346. The molecule has 0 atom stereocenters. The van der Waals surface area contributed by atoms with Crippen LogP contribution in [0.4, 0.5) is 0 Å². The van der Waals surface area contributed by atoms with Crippen LogP contribution in [-0.2, 0) is 21.2 Å². The number of rotatable bonds is 5. The van der Waals surface area contributed by atoms with Gasteiger partial charge < -0.3 is 4.74 Å². The second-order valence-electron chi connectivity index (χ2n) is 6.89. The van der Waals surface area contributed by atoms with Gasteiger partial charge in [-0.3, -0.25) is 9.89 Å². The van der Waals surface area contributed by atoms with Crippen LogP contribution in [0.25, 0.3) is 5.82 Å². The molecular weight excluding hydrogens is 392 g/mol. The Morgan fingerprint density at radius 3 is 2.48 bits per heavy atom. The van der Waals surface area contributed by atoms with Crippen LogP contribution in [0.5, 0.6) is 0 Å². The molecule has 0 unspecified atom stereocenters. The molecule has 0 amide bonds. The van der Waals surface area contributed by atoms with E-state index >= 15 is 0 Å². The molecule has 1 N–H and O–H groups in total. The molecule has 29 heavy (non-hydrogen) atoms. The van der Waals surface area contributed by atoms with E-state index in [1.54, 1.807) is 0 Å². The number of nitrogens with one attached hydrogen (secondary N) is 1. The Kier molecular flexibility index (Phi) is 5.35. The van der Waals surface area contributed by atoms with E-state index in [0.717, 1.165) is 11.3 Å². The van der Waals surface area contributed by atoms with Crippen LogP contribution in [0.3, 0.4) is 0 Å². The first-order chi connectivity index (χ1) is 14.0. The lowest BCUT2D eigenvalue weighted by Gasteiger charge is -2.25. The number of aromatic nitrogens is 3. The van der Waals surface area contributed by atoms with Gasteiger partial charge in [-0.1, -0.05) is 30.3 Å². The zero-order valence-corrected chi connectivity index (χ0v) is 16.9. The minimum Gasteiger partial charge on any atom is -0.379 e. The number of morpholine rings is 1. The van der Waals surface area contributed by atoms with Crippen molar-refractivity contribution in [1.29, 1.82) is 0 Å². The van der Waals surface area contributed by atoms with E-state index in [2.05, 4.69) is 10.1 Å². The first-order valence-corrected chi connectivity index (χ1v) is 10.8. The Hall–Kier alpha value is -2.75. The van der Waals surface area contributed by atoms with Gasteiger partial charge in [0.2, 0.25) is 10.0 Å². The number of ether oxygens (including phenoxy) is 1. The van der Waals surface area contributed by atoms with Gasteiger partial charge in [-0.2, -0.15) is 4.31 Å². The Bertz CT molecular complexity index is 1150. The molecule has 0 aliphatic carbocycles. The number of aromatic amines is 1. The smallest absolute Gasteiger partial charge is 0.276 e. The topological polar surface area (TPSA) is 97.3 Å². The maximum atomic E-state index is 12.9. The minimum atomic E-state index is -3.62. The average Bonchev–Trinajstić information content (AvgIpc) is 3.03. The van der Waals surface area contributed by atoms with E-state index < -0.39 is 10.0 Å². The highest BCUT2D eigenvalue weighted by Gasteiger charge is 2.26. The summed E-state index contributed by atoms with van der Waals surface area (Å²) in [6.45, 7) is 3.25. The van der Waals surface area contributed by atoms with Crippen molar-refractivity contribution in [1.82, 2.24) is 19.1 Å². The van der Waals surface area contributed by atoms with Crippen molar-refractivity contribution in [3.63, 3.8) is 0 Å². The molecule has 3 heterocycles. The average molecular weight is 414 g/mol. The fraction of sp³-hybridized carbons (Fsp3) is 0.300. The SMILES string of the molecule is Cc1[nH]n(-c2ccc(S(=O)(=O)N3CCOCC3)cn2)c(=O)c1Cc1ccccc1. The van der Waals surface area contributed by atoms with Crippen molar-refractivity contribution in [2.24, 2.45) is 0 Å². The van der Waals surface area contributed by atoms with Crippen LogP contribution in [-0.4, -0.2) is 53.8 Å². The molecular formula is C20H22N4O4S. The third-order valence-corrected chi connectivity index (χ3v) is 6.86. The summed E-state index contributed by atoms with van der Waals surface area (Å²) in [5, 5.41) is 3.04. The second kappa shape index (κ2) is 7.94. The monoisotopic (exact) mass is 414 g/mol. The summed E-state index contributed by atoms with van der Waals surface area (Å²) >= 11 is 0. The number of benzene rings is 1. The van der Waals surface area contributed by atoms with Crippen molar-refractivity contribution in [3.05, 3.63) is 75.8 Å². The normalized spacial score (nSPS) is 15.5. The lowest BCUT2D eigenvalue weighted by atomic mass is 10.1. The highest BCUT2D eigenvalue weighted by Crippen LogP contribution is 2.17. The van der Waals surface area contributed by atoms with E-state index in [1.165, 1.54) is 27.3 Å². The molecule has 8 nitrogen and oxygen atoms in total. The number of H-pyrrole nitrogens is 1. The molecule has 1 saturated heterocycles. The molecule has 4 rings (SSSR count). The van der Waals surface area contributed by atoms with Crippen molar-refractivity contribution in [2.75, 3.05) is 26.3 Å². The van der Waals surface area contributed by atoms with E-state index in [-0.39, 0.29) is 10.5 Å². The molecule has 1 aliphatic rings. The summed E-state index contributed by atoms with van der Waals surface area (Å²) in [6.07, 6.45) is 1.80. The molecule has 9 heteroatoms. The third-order valence-electron chi connectivity index (χ3n) is 4.97. The van der Waals surface area contributed by atoms with Gasteiger partial charge in [-0.05, 0) is 24.6 Å². The van der Waals surface area contributed by atoms with Crippen LogP contribution in [0.15, 0.2) is 58.4 Å². The van der Waals surface area contributed by atoms with Gasteiger partial charge in [0, 0.05) is 37.0 Å². The van der Waals surface area contributed by atoms with E-state index in [1.807, 2.05) is 37.3 Å². The van der Waals surface area contributed by atoms with Crippen molar-refractivity contribution < 1.29 is 13.2 Å². The highest BCUT2D eigenvalue weighted by atomic mass is 32.2. The van der Waals surface area contributed by atoms with E-state index in [4.69, 9.17) is 4.74 Å². The lowest BCUT2D eigenvalue weighted by molar-refractivity contribution is 0.0730. The molecule has 0 saturated carbocycles.